The van der Waals surface area contributed by atoms with Gasteiger partial charge in [0.1, 0.15) is 6.17 Å². The smallest absolute Gasteiger partial charge is 0.106 e. The molecule has 0 aromatic heterocycles. The highest BCUT2D eigenvalue weighted by molar-refractivity contribution is 4.95. The second kappa shape index (κ2) is 1.44. The molecule has 2 fully saturated rings. The van der Waals surface area contributed by atoms with Gasteiger partial charge < -0.3 is 5.32 Å². The highest BCUT2D eigenvalue weighted by Crippen LogP contribution is 2.32. The van der Waals surface area contributed by atoms with Gasteiger partial charge in [-0.1, -0.05) is 0 Å². The Balaban J connectivity index is 2.11. The van der Waals surface area contributed by atoms with Crippen LogP contribution in [-0.2, 0) is 0 Å². The summed E-state index contributed by atoms with van der Waals surface area (Å²) in [7, 11) is 0. The zero-order valence-electron chi connectivity index (χ0n) is 4.73. The summed E-state index contributed by atoms with van der Waals surface area (Å²) < 4.78 is 12.6. The molecule has 2 heteroatoms. The molecule has 3 atom stereocenters. The van der Waals surface area contributed by atoms with Crippen molar-refractivity contribution in [2.24, 2.45) is 5.92 Å². The van der Waals surface area contributed by atoms with Gasteiger partial charge in [-0.3, -0.25) is 0 Å². The van der Waals surface area contributed by atoms with Gasteiger partial charge >= 0.3 is 0 Å². The van der Waals surface area contributed by atoms with Crippen LogP contribution in [0.15, 0.2) is 0 Å². The van der Waals surface area contributed by atoms with Gasteiger partial charge in [0.15, 0.2) is 0 Å². The molecule has 2 bridgehead atoms. The second-order valence-electron chi connectivity index (χ2n) is 2.85. The van der Waals surface area contributed by atoms with Gasteiger partial charge in [0.2, 0.25) is 0 Å². The summed E-state index contributed by atoms with van der Waals surface area (Å²) in [5.41, 5.74) is 0. The van der Waals surface area contributed by atoms with Crippen molar-refractivity contribution in [2.75, 3.05) is 6.54 Å². The van der Waals surface area contributed by atoms with E-state index in [0.717, 1.165) is 19.4 Å². The van der Waals surface area contributed by atoms with Crippen molar-refractivity contribution in [3.8, 4) is 0 Å². The Kier molecular flexibility index (Phi) is 0.852. The van der Waals surface area contributed by atoms with Crippen LogP contribution in [0.2, 0.25) is 0 Å². The average molecular weight is 115 g/mol. The summed E-state index contributed by atoms with van der Waals surface area (Å²) >= 11 is 0. The molecule has 1 nitrogen and oxygen atoms in total. The summed E-state index contributed by atoms with van der Waals surface area (Å²) in [5.74, 6) is 0.361. The zero-order chi connectivity index (χ0) is 5.56. The second-order valence-corrected chi connectivity index (χ2v) is 2.85. The van der Waals surface area contributed by atoms with Gasteiger partial charge in [-0.05, 0) is 12.8 Å². The minimum Gasteiger partial charge on any atom is -0.313 e. The van der Waals surface area contributed by atoms with Crippen LogP contribution in [0.25, 0.3) is 0 Å². The van der Waals surface area contributed by atoms with E-state index in [1.54, 1.807) is 0 Å². The van der Waals surface area contributed by atoms with Crippen molar-refractivity contribution in [3.05, 3.63) is 0 Å². The fourth-order valence-electron chi connectivity index (χ4n) is 1.77. The molecule has 1 saturated carbocycles. The van der Waals surface area contributed by atoms with Gasteiger partial charge in [0.05, 0.1) is 0 Å². The molecule has 1 aliphatic heterocycles. The lowest BCUT2D eigenvalue weighted by Gasteiger charge is -2.13. The third-order valence-electron chi connectivity index (χ3n) is 2.28. The number of alkyl halides is 1. The summed E-state index contributed by atoms with van der Waals surface area (Å²) in [6, 6.07) is 0.523. The lowest BCUT2D eigenvalue weighted by atomic mass is 10.1. The quantitative estimate of drug-likeness (QED) is 0.490. The van der Waals surface area contributed by atoms with Crippen molar-refractivity contribution in [1.82, 2.24) is 5.32 Å². The molecular weight excluding hydrogens is 105 g/mol. The SMILES string of the molecule is F[C@H]1C[C@@H]2C[C@H]1CN2. The topological polar surface area (TPSA) is 12.0 Å². The number of fused-ring (bicyclic) bond motifs is 2. The van der Waals surface area contributed by atoms with Crippen LogP contribution in [0.3, 0.4) is 0 Å². The maximum Gasteiger partial charge on any atom is 0.106 e. The Morgan fingerprint density at radius 1 is 1.38 bits per heavy atom. The molecule has 2 aliphatic rings. The van der Waals surface area contributed by atoms with Gasteiger partial charge in [-0.2, -0.15) is 0 Å². The third kappa shape index (κ3) is 0.494. The number of nitrogens with one attached hydrogen (secondary N) is 1. The first kappa shape index (κ1) is 4.74. The molecule has 2 rings (SSSR count). The Morgan fingerprint density at radius 3 is 2.50 bits per heavy atom. The van der Waals surface area contributed by atoms with E-state index in [1.165, 1.54) is 0 Å². The van der Waals surface area contributed by atoms with E-state index >= 15 is 0 Å². The highest BCUT2D eigenvalue weighted by atomic mass is 19.1. The largest absolute Gasteiger partial charge is 0.313 e. The number of halogens is 1. The molecule has 0 unspecified atom stereocenters. The molecule has 1 aliphatic carbocycles. The standard InChI is InChI=1S/C6H10FN/c7-6-2-5-1-4(6)3-8-5/h4-6,8H,1-3H2/t4-,5-,6-/m0/s1. The molecule has 8 heavy (non-hydrogen) atoms. The van der Waals surface area contributed by atoms with Crippen LogP contribution in [-0.4, -0.2) is 18.8 Å². The fraction of sp³-hybridized carbons (Fsp3) is 1.00. The molecule has 0 aromatic carbocycles. The van der Waals surface area contributed by atoms with Crippen LogP contribution < -0.4 is 5.32 Å². The summed E-state index contributed by atoms with van der Waals surface area (Å²) in [4.78, 5) is 0. The van der Waals surface area contributed by atoms with Gasteiger partial charge in [0, 0.05) is 18.5 Å². The van der Waals surface area contributed by atoms with E-state index in [1.807, 2.05) is 0 Å². The lowest BCUT2D eigenvalue weighted by Crippen LogP contribution is -2.30. The van der Waals surface area contributed by atoms with Crippen LogP contribution in [0.1, 0.15) is 12.8 Å². The molecule has 1 heterocycles. The van der Waals surface area contributed by atoms with E-state index in [9.17, 15) is 4.39 Å². The predicted molar refractivity (Wildman–Crippen MR) is 29.4 cm³/mol. The normalized spacial score (nSPS) is 52.9. The van der Waals surface area contributed by atoms with Gasteiger partial charge in [0.25, 0.3) is 0 Å². The van der Waals surface area contributed by atoms with E-state index in [2.05, 4.69) is 5.32 Å². The first-order valence-corrected chi connectivity index (χ1v) is 3.24. The van der Waals surface area contributed by atoms with E-state index in [0.29, 0.717) is 12.0 Å². The monoisotopic (exact) mass is 115 g/mol. The van der Waals surface area contributed by atoms with E-state index in [4.69, 9.17) is 0 Å². The summed E-state index contributed by atoms with van der Waals surface area (Å²) in [6.07, 6.45) is 1.37. The molecular formula is C6H10FN. The van der Waals surface area contributed by atoms with Crippen molar-refractivity contribution in [2.45, 2.75) is 25.1 Å². The van der Waals surface area contributed by atoms with Crippen molar-refractivity contribution in [3.63, 3.8) is 0 Å². The number of hydrogen-bond donors (Lipinski definition) is 1. The van der Waals surface area contributed by atoms with Crippen LogP contribution in [0.4, 0.5) is 4.39 Å². The van der Waals surface area contributed by atoms with E-state index in [-0.39, 0.29) is 0 Å². The van der Waals surface area contributed by atoms with Crippen molar-refractivity contribution in [1.29, 1.82) is 0 Å². The van der Waals surface area contributed by atoms with Gasteiger partial charge in [-0.25, -0.2) is 4.39 Å². The molecule has 0 radical (unpaired) electrons. The Morgan fingerprint density at radius 2 is 2.25 bits per heavy atom. The minimum absolute atomic E-state index is 0.361. The van der Waals surface area contributed by atoms with E-state index < -0.39 is 6.17 Å². The number of hydrogen-bond acceptors (Lipinski definition) is 1. The molecule has 0 spiro atoms. The molecule has 46 valence electrons. The van der Waals surface area contributed by atoms with Crippen LogP contribution in [0, 0.1) is 5.92 Å². The molecule has 1 N–H and O–H groups in total. The molecule has 0 aromatic rings. The van der Waals surface area contributed by atoms with Crippen LogP contribution in [0.5, 0.6) is 0 Å². The van der Waals surface area contributed by atoms with Crippen molar-refractivity contribution >= 4 is 0 Å². The first-order valence-electron chi connectivity index (χ1n) is 3.24. The maximum atomic E-state index is 12.6. The minimum atomic E-state index is -0.485. The van der Waals surface area contributed by atoms with Crippen LogP contribution >= 0.6 is 0 Å². The number of rotatable bonds is 0. The summed E-state index contributed by atoms with van der Waals surface area (Å²) in [5, 5.41) is 3.25. The highest BCUT2D eigenvalue weighted by Gasteiger charge is 2.39. The number of piperidine rings is 1. The van der Waals surface area contributed by atoms with Gasteiger partial charge in [-0.15, -0.1) is 0 Å². The molecule has 0 amide bonds. The third-order valence-corrected chi connectivity index (χ3v) is 2.28. The van der Waals surface area contributed by atoms with Crippen molar-refractivity contribution < 1.29 is 4.39 Å². The average Bonchev–Trinajstić information content (AvgIpc) is 2.23. The first-order chi connectivity index (χ1) is 3.86. The lowest BCUT2D eigenvalue weighted by molar-refractivity contribution is 0.242. The fourth-order valence-corrected chi connectivity index (χ4v) is 1.77. The molecule has 1 saturated heterocycles. The Bertz CT molecular complexity index is 103. The Labute approximate surface area is 48.3 Å². The predicted octanol–water partition coefficient (Wildman–Crippen LogP) is 0.706. The zero-order valence-corrected chi connectivity index (χ0v) is 4.73. The maximum absolute atomic E-state index is 12.6. The Hall–Kier alpha value is -0.110. The summed E-state index contributed by atoms with van der Waals surface area (Å²) in [6.45, 7) is 0.922.